The van der Waals surface area contributed by atoms with Gasteiger partial charge in [0.25, 0.3) is 0 Å². The van der Waals surface area contributed by atoms with Gasteiger partial charge in [-0.25, -0.2) is 0 Å². The Morgan fingerprint density at radius 2 is 1.76 bits per heavy atom. The molecule has 1 unspecified atom stereocenters. The molecule has 1 atom stereocenters. The number of hydrogen-bond donors (Lipinski definition) is 1. The van der Waals surface area contributed by atoms with Crippen molar-refractivity contribution in [2.24, 2.45) is 5.92 Å². The molecule has 1 aromatic heterocycles. The third-order valence-electron chi connectivity index (χ3n) is 3.57. The highest BCUT2D eigenvalue weighted by Crippen LogP contribution is 2.27. The lowest BCUT2D eigenvalue weighted by Crippen LogP contribution is -2.26. The van der Waals surface area contributed by atoms with Crippen LogP contribution in [0.2, 0.25) is 4.34 Å². The summed E-state index contributed by atoms with van der Waals surface area (Å²) in [6, 6.07) is 13.1. The molecule has 3 heteroatoms. The molecule has 0 saturated carbocycles. The van der Waals surface area contributed by atoms with E-state index in [0.29, 0.717) is 11.8 Å². The highest BCUT2D eigenvalue weighted by atomic mass is 35.5. The van der Waals surface area contributed by atoms with Gasteiger partial charge < -0.3 is 5.32 Å². The van der Waals surface area contributed by atoms with Gasteiger partial charge >= 0.3 is 0 Å². The lowest BCUT2D eigenvalue weighted by atomic mass is 9.94. The van der Waals surface area contributed by atoms with Gasteiger partial charge in [0.05, 0.1) is 4.34 Å². The van der Waals surface area contributed by atoms with Gasteiger partial charge in [-0.3, -0.25) is 0 Å². The summed E-state index contributed by atoms with van der Waals surface area (Å²) in [5.41, 5.74) is 2.72. The smallest absolute Gasteiger partial charge is 0.0931 e. The molecule has 1 heterocycles. The fourth-order valence-corrected chi connectivity index (χ4v) is 3.56. The standard InChI is InChI=1S/C18H24ClNS/c1-13(2)11-20-12-16(10-17-8-9-18(19)21-17)15-6-4-14(3)5-7-15/h4-9,13,16,20H,10-12H2,1-3H3. The van der Waals surface area contributed by atoms with Gasteiger partial charge in [0.2, 0.25) is 0 Å². The van der Waals surface area contributed by atoms with Gasteiger partial charge in [0.15, 0.2) is 0 Å². The van der Waals surface area contributed by atoms with Gasteiger partial charge in [-0.15, -0.1) is 11.3 Å². The second kappa shape index (κ2) is 7.98. The molecule has 114 valence electrons. The Bertz CT molecular complexity index is 545. The summed E-state index contributed by atoms with van der Waals surface area (Å²) >= 11 is 7.75. The predicted octanol–water partition coefficient (Wildman–Crippen LogP) is 5.28. The first-order valence-corrected chi connectivity index (χ1v) is 8.75. The first kappa shape index (κ1) is 16.5. The van der Waals surface area contributed by atoms with Gasteiger partial charge in [-0.2, -0.15) is 0 Å². The predicted molar refractivity (Wildman–Crippen MR) is 94.7 cm³/mol. The second-order valence-electron chi connectivity index (χ2n) is 6.07. The van der Waals surface area contributed by atoms with E-state index in [2.05, 4.69) is 56.4 Å². The molecule has 2 rings (SSSR count). The first-order chi connectivity index (χ1) is 10.0. The molecule has 0 fully saturated rings. The zero-order valence-electron chi connectivity index (χ0n) is 13.0. The van der Waals surface area contributed by atoms with Crippen LogP contribution in [0.1, 0.15) is 35.8 Å². The average Bonchev–Trinajstić information content (AvgIpc) is 2.84. The number of rotatable bonds is 7. The van der Waals surface area contributed by atoms with E-state index in [-0.39, 0.29) is 0 Å². The minimum absolute atomic E-state index is 0.499. The third kappa shape index (κ3) is 5.46. The maximum Gasteiger partial charge on any atom is 0.0931 e. The van der Waals surface area contributed by atoms with E-state index in [1.807, 2.05) is 6.07 Å². The molecule has 1 aromatic carbocycles. The van der Waals surface area contributed by atoms with E-state index in [4.69, 9.17) is 11.6 Å². The van der Waals surface area contributed by atoms with Gasteiger partial charge in [-0.1, -0.05) is 55.3 Å². The summed E-state index contributed by atoms with van der Waals surface area (Å²) in [7, 11) is 0. The topological polar surface area (TPSA) is 12.0 Å². The summed E-state index contributed by atoms with van der Waals surface area (Å²) in [5.74, 6) is 1.18. The molecule has 0 bridgehead atoms. The molecular weight excluding hydrogens is 298 g/mol. The highest BCUT2D eigenvalue weighted by Gasteiger charge is 2.13. The summed E-state index contributed by atoms with van der Waals surface area (Å²) in [5, 5.41) is 3.60. The van der Waals surface area contributed by atoms with E-state index in [1.54, 1.807) is 11.3 Å². The van der Waals surface area contributed by atoms with E-state index >= 15 is 0 Å². The van der Waals surface area contributed by atoms with Crippen molar-refractivity contribution in [1.29, 1.82) is 0 Å². The average molecular weight is 322 g/mol. The van der Waals surface area contributed by atoms with E-state index in [9.17, 15) is 0 Å². The monoisotopic (exact) mass is 321 g/mol. The van der Waals surface area contributed by atoms with Crippen LogP contribution in [-0.4, -0.2) is 13.1 Å². The van der Waals surface area contributed by atoms with Crippen LogP contribution in [0.15, 0.2) is 36.4 Å². The molecule has 0 amide bonds. The number of nitrogens with one attached hydrogen (secondary N) is 1. The van der Waals surface area contributed by atoms with Crippen molar-refractivity contribution >= 4 is 22.9 Å². The SMILES string of the molecule is Cc1ccc(C(CNCC(C)C)Cc2ccc(Cl)s2)cc1. The Morgan fingerprint density at radius 3 is 2.33 bits per heavy atom. The number of benzene rings is 1. The second-order valence-corrected chi connectivity index (χ2v) is 7.87. The summed E-state index contributed by atoms with van der Waals surface area (Å²) in [6.45, 7) is 8.69. The van der Waals surface area contributed by atoms with Crippen molar-refractivity contribution in [1.82, 2.24) is 5.32 Å². The van der Waals surface area contributed by atoms with Crippen LogP contribution >= 0.6 is 22.9 Å². The molecule has 0 aliphatic heterocycles. The Morgan fingerprint density at radius 1 is 1.05 bits per heavy atom. The molecular formula is C18H24ClNS. The molecule has 1 N–H and O–H groups in total. The Kier molecular flexibility index (Phi) is 6.28. The Labute approximate surface area is 137 Å². The van der Waals surface area contributed by atoms with Crippen LogP contribution in [0.5, 0.6) is 0 Å². The van der Waals surface area contributed by atoms with Crippen LogP contribution < -0.4 is 5.32 Å². The van der Waals surface area contributed by atoms with Crippen LogP contribution in [0.4, 0.5) is 0 Å². The lowest BCUT2D eigenvalue weighted by Gasteiger charge is -2.19. The summed E-state index contributed by atoms with van der Waals surface area (Å²) in [4.78, 5) is 1.36. The Balaban J connectivity index is 2.07. The van der Waals surface area contributed by atoms with E-state index in [0.717, 1.165) is 23.8 Å². The minimum atomic E-state index is 0.499. The molecule has 0 radical (unpaired) electrons. The summed E-state index contributed by atoms with van der Waals surface area (Å²) < 4.78 is 0.878. The van der Waals surface area contributed by atoms with E-state index in [1.165, 1.54) is 16.0 Å². The van der Waals surface area contributed by atoms with Crippen molar-refractivity contribution in [3.8, 4) is 0 Å². The van der Waals surface area contributed by atoms with Crippen molar-refractivity contribution in [3.05, 3.63) is 56.7 Å². The molecule has 1 nitrogen and oxygen atoms in total. The maximum atomic E-state index is 6.06. The molecule has 0 aliphatic carbocycles. The zero-order valence-corrected chi connectivity index (χ0v) is 14.6. The lowest BCUT2D eigenvalue weighted by molar-refractivity contribution is 0.515. The third-order valence-corrected chi connectivity index (χ3v) is 4.82. The van der Waals surface area contributed by atoms with Crippen LogP contribution in [0.25, 0.3) is 0 Å². The quantitative estimate of drug-likeness (QED) is 0.731. The van der Waals surface area contributed by atoms with Gasteiger partial charge in [0, 0.05) is 17.3 Å². The minimum Gasteiger partial charge on any atom is -0.316 e. The molecule has 21 heavy (non-hydrogen) atoms. The van der Waals surface area contributed by atoms with Crippen molar-refractivity contribution < 1.29 is 0 Å². The number of aryl methyl sites for hydroxylation is 1. The first-order valence-electron chi connectivity index (χ1n) is 7.56. The van der Waals surface area contributed by atoms with Crippen molar-refractivity contribution in [2.75, 3.05) is 13.1 Å². The fraction of sp³-hybridized carbons (Fsp3) is 0.444. The van der Waals surface area contributed by atoms with Crippen LogP contribution in [0, 0.1) is 12.8 Å². The van der Waals surface area contributed by atoms with Crippen LogP contribution in [0.3, 0.4) is 0 Å². The van der Waals surface area contributed by atoms with Crippen LogP contribution in [-0.2, 0) is 6.42 Å². The largest absolute Gasteiger partial charge is 0.316 e. The number of hydrogen-bond acceptors (Lipinski definition) is 2. The zero-order chi connectivity index (χ0) is 15.2. The van der Waals surface area contributed by atoms with Crippen molar-refractivity contribution in [2.45, 2.75) is 33.1 Å². The summed E-state index contributed by atoms with van der Waals surface area (Å²) in [6.07, 6.45) is 1.05. The molecule has 0 aliphatic rings. The van der Waals surface area contributed by atoms with Crippen molar-refractivity contribution in [3.63, 3.8) is 0 Å². The Hall–Kier alpha value is -0.830. The van der Waals surface area contributed by atoms with Gasteiger partial charge in [0.1, 0.15) is 0 Å². The maximum absolute atomic E-state index is 6.06. The molecule has 2 aromatic rings. The number of thiophene rings is 1. The van der Waals surface area contributed by atoms with Gasteiger partial charge in [-0.05, 0) is 43.5 Å². The number of halogens is 1. The normalized spacial score (nSPS) is 12.8. The molecule has 0 spiro atoms. The fourth-order valence-electron chi connectivity index (χ4n) is 2.40. The molecule has 0 saturated heterocycles. The highest BCUT2D eigenvalue weighted by molar-refractivity contribution is 7.16. The van der Waals surface area contributed by atoms with E-state index < -0.39 is 0 Å².